The lowest BCUT2D eigenvalue weighted by Gasteiger charge is -2.19. The highest BCUT2D eigenvalue weighted by Crippen LogP contribution is 2.46. The molecule has 248 valence electrons. The van der Waals surface area contributed by atoms with E-state index in [1.165, 1.54) is 66.1 Å². The molecule has 2 nitrogen and oxygen atoms in total. The van der Waals surface area contributed by atoms with Crippen molar-refractivity contribution in [2.45, 2.75) is 0 Å². The van der Waals surface area contributed by atoms with E-state index in [0.29, 0.717) is 5.89 Å². The second kappa shape index (κ2) is 12.9. The third-order valence-electron chi connectivity index (χ3n) is 10.3. The minimum Gasteiger partial charge on any atom is -0.436 e. The van der Waals surface area contributed by atoms with E-state index >= 15 is 0 Å². The summed E-state index contributed by atoms with van der Waals surface area (Å²) in [6.45, 7) is 0. The molecule has 0 radical (unpaired) electrons. The summed E-state index contributed by atoms with van der Waals surface area (Å²) in [6, 6.07) is 71.4. The van der Waals surface area contributed by atoms with E-state index < -0.39 is 0 Å². The van der Waals surface area contributed by atoms with Crippen LogP contribution in [0.2, 0.25) is 0 Å². The second-order valence-corrected chi connectivity index (χ2v) is 13.5. The van der Waals surface area contributed by atoms with Crippen LogP contribution in [0.3, 0.4) is 0 Å². The van der Waals surface area contributed by atoms with E-state index in [4.69, 9.17) is 9.40 Å². The van der Waals surface area contributed by atoms with Crippen LogP contribution in [0.4, 0.5) is 0 Å². The summed E-state index contributed by atoms with van der Waals surface area (Å²) in [5.74, 6) is 0.630. The van der Waals surface area contributed by atoms with Crippen LogP contribution in [0.1, 0.15) is 0 Å². The Morgan fingerprint density at radius 2 is 0.717 bits per heavy atom. The van der Waals surface area contributed by atoms with Crippen LogP contribution in [0, 0.1) is 0 Å². The zero-order valence-corrected chi connectivity index (χ0v) is 28.9. The number of nitrogens with zero attached hydrogens (tertiary/aromatic N) is 1. The number of hydrogen-bond acceptors (Lipinski definition) is 2. The highest BCUT2D eigenvalue weighted by Gasteiger charge is 2.19. The van der Waals surface area contributed by atoms with Gasteiger partial charge in [-0.05, 0) is 120 Å². The zero-order chi connectivity index (χ0) is 35.1. The Kier molecular flexibility index (Phi) is 7.51. The molecule has 53 heavy (non-hydrogen) atoms. The fourth-order valence-electron chi connectivity index (χ4n) is 7.76. The van der Waals surface area contributed by atoms with Crippen molar-refractivity contribution in [3.63, 3.8) is 0 Å². The Labute approximate surface area is 308 Å². The Bertz CT molecular complexity index is 2930. The van der Waals surface area contributed by atoms with Crippen LogP contribution in [0.15, 0.2) is 205 Å². The van der Waals surface area contributed by atoms with Crippen LogP contribution >= 0.6 is 0 Å². The van der Waals surface area contributed by atoms with Gasteiger partial charge in [0.05, 0.1) is 0 Å². The fraction of sp³-hybridized carbons (Fsp3) is 0. The first kappa shape index (κ1) is 30.8. The first-order valence-corrected chi connectivity index (χ1v) is 18.0. The zero-order valence-electron chi connectivity index (χ0n) is 28.9. The van der Waals surface area contributed by atoms with Crippen molar-refractivity contribution < 1.29 is 4.42 Å². The molecule has 0 aliphatic rings. The van der Waals surface area contributed by atoms with Gasteiger partial charge in [0.15, 0.2) is 5.58 Å². The predicted molar refractivity (Wildman–Crippen MR) is 222 cm³/mol. The molecule has 0 saturated heterocycles. The molecule has 0 atom stereocenters. The van der Waals surface area contributed by atoms with Crippen molar-refractivity contribution in [1.29, 1.82) is 0 Å². The standard InChI is InChI=1S/C51H33NO/c1-4-14-34(15-5-1)37-20-12-22-41(30-37)49-43-24-10-11-25-44(43)50(42-23-13-21-38(31-42)35-16-6-2-7-17-35)46-32-39(26-28-45(46)49)40-27-29-48-47(33-40)52-51(53-48)36-18-8-3-9-19-36/h1-33H. The number of aromatic nitrogens is 1. The summed E-state index contributed by atoms with van der Waals surface area (Å²) in [6.07, 6.45) is 0. The van der Waals surface area contributed by atoms with E-state index in [0.717, 1.165) is 27.8 Å². The summed E-state index contributed by atoms with van der Waals surface area (Å²) in [7, 11) is 0. The van der Waals surface area contributed by atoms with Crippen LogP contribution in [-0.2, 0) is 0 Å². The van der Waals surface area contributed by atoms with E-state index in [1.54, 1.807) is 0 Å². The molecular formula is C51H33NO. The lowest BCUT2D eigenvalue weighted by atomic mass is 9.84. The van der Waals surface area contributed by atoms with Crippen molar-refractivity contribution in [3.8, 4) is 67.1 Å². The molecule has 10 aromatic rings. The quantitative estimate of drug-likeness (QED) is 0.164. The number of rotatable bonds is 6. The molecule has 0 fully saturated rings. The van der Waals surface area contributed by atoms with Crippen LogP contribution in [0.5, 0.6) is 0 Å². The molecule has 0 unspecified atom stereocenters. The molecule has 9 aromatic carbocycles. The van der Waals surface area contributed by atoms with Gasteiger partial charge in [-0.1, -0.05) is 158 Å². The van der Waals surface area contributed by atoms with E-state index in [1.807, 2.05) is 36.4 Å². The molecule has 1 aromatic heterocycles. The number of oxazole rings is 1. The first-order chi connectivity index (χ1) is 26.3. The molecule has 2 heteroatoms. The Hall–Kier alpha value is -7.03. The van der Waals surface area contributed by atoms with Gasteiger partial charge in [0.2, 0.25) is 5.89 Å². The maximum absolute atomic E-state index is 6.18. The number of benzene rings is 9. The minimum atomic E-state index is 0.630. The molecule has 0 saturated carbocycles. The summed E-state index contributed by atoms with van der Waals surface area (Å²) in [5, 5.41) is 4.88. The summed E-state index contributed by atoms with van der Waals surface area (Å²) < 4.78 is 6.18. The maximum Gasteiger partial charge on any atom is 0.227 e. The van der Waals surface area contributed by atoms with Gasteiger partial charge in [-0.25, -0.2) is 4.98 Å². The minimum absolute atomic E-state index is 0.630. The topological polar surface area (TPSA) is 26.0 Å². The van der Waals surface area contributed by atoms with Crippen molar-refractivity contribution in [2.75, 3.05) is 0 Å². The first-order valence-electron chi connectivity index (χ1n) is 18.0. The molecule has 0 aliphatic heterocycles. The van der Waals surface area contributed by atoms with E-state index in [2.05, 4.69) is 164 Å². The van der Waals surface area contributed by atoms with Gasteiger partial charge in [-0.2, -0.15) is 0 Å². The molecule has 0 N–H and O–H groups in total. The van der Waals surface area contributed by atoms with Gasteiger partial charge in [-0.3, -0.25) is 0 Å². The summed E-state index contributed by atoms with van der Waals surface area (Å²) in [5.41, 5.74) is 14.5. The fourth-order valence-corrected chi connectivity index (χ4v) is 7.76. The number of hydrogen-bond donors (Lipinski definition) is 0. The monoisotopic (exact) mass is 675 g/mol. The predicted octanol–water partition coefficient (Wildman–Crippen LogP) is 14.1. The highest BCUT2D eigenvalue weighted by atomic mass is 16.3. The Morgan fingerprint density at radius 1 is 0.283 bits per heavy atom. The van der Waals surface area contributed by atoms with Gasteiger partial charge < -0.3 is 4.42 Å². The third kappa shape index (κ3) is 5.58. The largest absolute Gasteiger partial charge is 0.436 e. The molecule has 0 bridgehead atoms. The molecule has 0 spiro atoms. The van der Waals surface area contributed by atoms with E-state index in [9.17, 15) is 0 Å². The van der Waals surface area contributed by atoms with Crippen LogP contribution in [-0.4, -0.2) is 4.98 Å². The van der Waals surface area contributed by atoms with Gasteiger partial charge in [0, 0.05) is 5.56 Å². The Balaban J connectivity index is 1.22. The van der Waals surface area contributed by atoms with Gasteiger partial charge in [0.25, 0.3) is 0 Å². The lowest BCUT2D eigenvalue weighted by molar-refractivity contribution is 0.620. The average Bonchev–Trinajstić information content (AvgIpc) is 3.67. The number of fused-ring (bicyclic) bond motifs is 3. The molecule has 1 heterocycles. The maximum atomic E-state index is 6.18. The van der Waals surface area contributed by atoms with Gasteiger partial charge in [-0.15, -0.1) is 0 Å². The summed E-state index contributed by atoms with van der Waals surface area (Å²) >= 11 is 0. The molecule has 10 rings (SSSR count). The normalized spacial score (nSPS) is 11.4. The average molecular weight is 676 g/mol. The van der Waals surface area contributed by atoms with Crippen LogP contribution in [0.25, 0.3) is 99.7 Å². The van der Waals surface area contributed by atoms with Crippen molar-refractivity contribution in [2.24, 2.45) is 0 Å². The molecule has 0 amide bonds. The third-order valence-corrected chi connectivity index (χ3v) is 10.3. The molecular weight excluding hydrogens is 643 g/mol. The van der Waals surface area contributed by atoms with Crippen molar-refractivity contribution in [1.82, 2.24) is 4.98 Å². The smallest absolute Gasteiger partial charge is 0.227 e. The lowest BCUT2D eigenvalue weighted by Crippen LogP contribution is -1.92. The van der Waals surface area contributed by atoms with Crippen molar-refractivity contribution >= 4 is 32.6 Å². The Morgan fingerprint density at radius 3 is 1.32 bits per heavy atom. The van der Waals surface area contributed by atoms with Gasteiger partial charge in [0.1, 0.15) is 5.52 Å². The SMILES string of the molecule is c1ccc(-c2cccc(-c3c4ccccc4c(-c4cccc(-c5ccccc5)c4)c4cc(-c5ccc6oc(-c7ccccc7)nc6c5)ccc34)c2)cc1. The van der Waals surface area contributed by atoms with Crippen molar-refractivity contribution in [3.05, 3.63) is 200 Å². The van der Waals surface area contributed by atoms with Crippen LogP contribution < -0.4 is 0 Å². The highest BCUT2D eigenvalue weighted by molar-refractivity contribution is 6.22. The van der Waals surface area contributed by atoms with Gasteiger partial charge >= 0.3 is 0 Å². The summed E-state index contributed by atoms with van der Waals surface area (Å²) in [4.78, 5) is 4.90. The molecule has 0 aliphatic carbocycles. The van der Waals surface area contributed by atoms with E-state index in [-0.39, 0.29) is 0 Å². The second-order valence-electron chi connectivity index (χ2n) is 13.5.